The molecule has 9 aromatic rings. The van der Waals surface area contributed by atoms with E-state index in [4.69, 9.17) is 5.41 Å². The minimum atomic E-state index is 0.885. The highest BCUT2D eigenvalue weighted by Gasteiger charge is 2.15. The summed E-state index contributed by atoms with van der Waals surface area (Å²) in [5, 5.41) is 11.9. The molecule has 0 atom stereocenters. The zero-order valence-corrected chi connectivity index (χ0v) is 36.9. The van der Waals surface area contributed by atoms with E-state index in [0.29, 0.717) is 0 Å². The van der Waals surface area contributed by atoms with Crippen LogP contribution in [-0.2, 0) is 12.8 Å². The van der Waals surface area contributed by atoms with Gasteiger partial charge in [0, 0.05) is 6.21 Å². The van der Waals surface area contributed by atoms with Gasteiger partial charge in [-0.15, -0.1) is 0 Å². The van der Waals surface area contributed by atoms with E-state index in [1.807, 2.05) is 26.0 Å². The first-order valence-corrected chi connectivity index (χ1v) is 22.7. The fourth-order valence-corrected chi connectivity index (χ4v) is 8.63. The van der Waals surface area contributed by atoms with E-state index in [0.717, 1.165) is 31.3 Å². The van der Waals surface area contributed by atoms with Gasteiger partial charge in [0.15, 0.2) is 0 Å². The minimum absolute atomic E-state index is 0.885. The summed E-state index contributed by atoms with van der Waals surface area (Å²) >= 11 is 0. The predicted octanol–water partition coefficient (Wildman–Crippen LogP) is 17.2. The first kappa shape index (κ1) is 43.1. The predicted molar refractivity (Wildman–Crippen MR) is 277 cm³/mol. The van der Waals surface area contributed by atoms with E-state index in [1.165, 1.54) is 94.5 Å². The fraction of sp³-hybridized carbons (Fsp3) is 0.0952. The van der Waals surface area contributed by atoms with E-state index < -0.39 is 0 Å². The maximum absolute atomic E-state index is 6.87. The van der Waals surface area contributed by atoms with Crippen LogP contribution in [0.4, 0.5) is 0 Å². The van der Waals surface area contributed by atoms with Crippen LogP contribution in [0, 0.1) is 5.41 Å². The van der Waals surface area contributed by atoms with Crippen molar-refractivity contribution in [3.8, 4) is 33.4 Å². The first-order valence-electron chi connectivity index (χ1n) is 22.7. The standard InChI is InChI=1S/C54H40.C7H9N.C2H6/c1-4-14-39(15-5-1)26-33-46(42-18-8-3-9-19-42)43-29-31-45(32-30-43)48-35-37-54(52-23-13-11-21-50(48)52)53-36-34-47(49-20-10-12-22-51(49)53)44-27-24-41(25-28-44)38-40-16-6-2-7-17-40;8-6-7-4-2-1-3-5-7;1-2/h1-25,27-37H,26,38H2;1-2,4,6,8H,3,5H2;1-2H3/b46-33+;;. The van der Waals surface area contributed by atoms with Crippen LogP contribution in [0.5, 0.6) is 0 Å². The summed E-state index contributed by atoms with van der Waals surface area (Å²) in [5.41, 5.74) is 16.3. The SMILES string of the molecule is C(/Cc1ccccc1)=C(/c1ccccc1)c1ccc(-c2ccc(-c3ccc(-c4ccc(Cc5ccccc5)cc4)c4ccccc34)c3ccccc23)cc1.CC.N=CC1=CC=CCC1. The molecule has 312 valence electrons. The lowest BCUT2D eigenvalue weighted by Gasteiger charge is -2.16. The summed E-state index contributed by atoms with van der Waals surface area (Å²) in [7, 11) is 0. The number of rotatable bonds is 10. The Hall–Kier alpha value is -7.61. The van der Waals surface area contributed by atoms with Crippen LogP contribution >= 0.6 is 0 Å². The smallest absolute Gasteiger partial charge is 0.0209 e. The molecule has 1 N–H and O–H groups in total. The average molecular weight is 826 g/mol. The summed E-state index contributed by atoms with van der Waals surface area (Å²) in [4.78, 5) is 0. The average Bonchev–Trinajstić information content (AvgIpc) is 3.38. The summed E-state index contributed by atoms with van der Waals surface area (Å²) in [6.07, 6.45) is 13.8. The van der Waals surface area contributed by atoms with E-state index in [9.17, 15) is 0 Å². The van der Waals surface area contributed by atoms with E-state index in [1.54, 1.807) is 0 Å². The van der Waals surface area contributed by atoms with Crippen molar-refractivity contribution in [2.45, 2.75) is 39.5 Å². The monoisotopic (exact) mass is 825 g/mol. The molecule has 0 radical (unpaired) electrons. The molecule has 0 aromatic heterocycles. The highest BCUT2D eigenvalue weighted by atomic mass is 14.3. The molecule has 0 saturated heterocycles. The van der Waals surface area contributed by atoms with E-state index in [-0.39, 0.29) is 0 Å². The molecular weight excluding hydrogens is 771 g/mol. The van der Waals surface area contributed by atoms with Crippen molar-refractivity contribution >= 4 is 33.3 Å². The lowest BCUT2D eigenvalue weighted by atomic mass is 9.87. The number of allylic oxidation sites excluding steroid dienone is 5. The maximum atomic E-state index is 6.87. The number of hydrogen-bond acceptors (Lipinski definition) is 1. The molecule has 64 heavy (non-hydrogen) atoms. The second-order valence-electron chi connectivity index (χ2n) is 15.9. The van der Waals surface area contributed by atoms with Gasteiger partial charge in [-0.3, -0.25) is 0 Å². The molecule has 0 fully saturated rings. The molecule has 0 bridgehead atoms. The molecule has 1 aliphatic rings. The Balaban J connectivity index is 0.000000502. The molecule has 9 aromatic carbocycles. The summed E-state index contributed by atoms with van der Waals surface area (Å²) in [6.45, 7) is 4.00. The third-order valence-electron chi connectivity index (χ3n) is 11.9. The molecule has 10 rings (SSSR count). The number of fused-ring (bicyclic) bond motifs is 2. The van der Waals surface area contributed by atoms with E-state index in [2.05, 4.69) is 224 Å². The second-order valence-corrected chi connectivity index (χ2v) is 15.9. The van der Waals surface area contributed by atoms with Gasteiger partial charge < -0.3 is 5.41 Å². The number of benzene rings is 9. The highest BCUT2D eigenvalue weighted by Crippen LogP contribution is 2.41. The van der Waals surface area contributed by atoms with Gasteiger partial charge in [-0.05, 0) is 120 Å². The molecule has 1 aliphatic carbocycles. The zero-order chi connectivity index (χ0) is 43.9. The largest absolute Gasteiger partial charge is 0.308 e. The summed E-state index contributed by atoms with van der Waals surface area (Å²) in [5.74, 6) is 0. The van der Waals surface area contributed by atoms with Crippen LogP contribution in [0.25, 0.3) is 60.5 Å². The van der Waals surface area contributed by atoms with Gasteiger partial charge in [-0.1, -0.05) is 250 Å². The Morgan fingerprint density at radius 2 is 0.859 bits per heavy atom. The van der Waals surface area contributed by atoms with Gasteiger partial charge in [-0.25, -0.2) is 0 Å². The van der Waals surface area contributed by atoms with Crippen LogP contribution in [0.3, 0.4) is 0 Å². The quantitative estimate of drug-likeness (QED) is 0.133. The van der Waals surface area contributed by atoms with Crippen molar-refractivity contribution in [2.75, 3.05) is 0 Å². The molecule has 0 amide bonds. The summed E-state index contributed by atoms with van der Waals surface area (Å²) < 4.78 is 0. The molecule has 0 unspecified atom stereocenters. The Morgan fingerprint density at radius 1 is 0.438 bits per heavy atom. The lowest BCUT2D eigenvalue weighted by Crippen LogP contribution is -1.92. The van der Waals surface area contributed by atoms with Crippen molar-refractivity contribution in [2.24, 2.45) is 0 Å². The van der Waals surface area contributed by atoms with Crippen LogP contribution in [0.2, 0.25) is 0 Å². The molecule has 1 nitrogen and oxygen atoms in total. The Bertz CT molecular complexity index is 3030. The Labute approximate surface area is 380 Å². The Morgan fingerprint density at radius 3 is 1.34 bits per heavy atom. The van der Waals surface area contributed by atoms with Crippen LogP contribution in [-0.4, -0.2) is 6.21 Å². The topological polar surface area (TPSA) is 23.9 Å². The molecule has 0 aliphatic heterocycles. The van der Waals surface area contributed by atoms with Gasteiger partial charge in [0.1, 0.15) is 0 Å². The Kier molecular flexibility index (Phi) is 14.4. The van der Waals surface area contributed by atoms with Crippen molar-refractivity contribution in [1.29, 1.82) is 5.41 Å². The molecule has 0 saturated carbocycles. The normalized spacial score (nSPS) is 12.1. The number of nitrogens with one attached hydrogen (secondary N) is 1. The van der Waals surface area contributed by atoms with Crippen LogP contribution < -0.4 is 0 Å². The first-order chi connectivity index (χ1) is 31.7. The van der Waals surface area contributed by atoms with Gasteiger partial charge in [0.2, 0.25) is 0 Å². The number of hydrogen-bond donors (Lipinski definition) is 1. The molecule has 0 spiro atoms. The third-order valence-corrected chi connectivity index (χ3v) is 11.9. The van der Waals surface area contributed by atoms with Gasteiger partial charge in [0.05, 0.1) is 0 Å². The highest BCUT2D eigenvalue weighted by molar-refractivity contribution is 6.12. The van der Waals surface area contributed by atoms with Crippen molar-refractivity contribution in [1.82, 2.24) is 0 Å². The minimum Gasteiger partial charge on any atom is -0.308 e. The van der Waals surface area contributed by atoms with Gasteiger partial charge in [0.25, 0.3) is 0 Å². The van der Waals surface area contributed by atoms with Crippen molar-refractivity contribution < 1.29 is 0 Å². The van der Waals surface area contributed by atoms with Crippen LogP contribution in [0.15, 0.2) is 242 Å². The maximum Gasteiger partial charge on any atom is 0.0209 e. The van der Waals surface area contributed by atoms with Crippen LogP contribution in [0.1, 0.15) is 54.5 Å². The van der Waals surface area contributed by atoms with Gasteiger partial charge in [-0.2, -0.15) is 0 Å². The zero-order valence-electron chi connectivity index (χ0n) is 36.9. The molecule has 0 heterocycles. The van der Waals surface area contributed by atoms with Crippen molar-refractivity contribution in [3.63, 3.8) is 0 Å². The lowest BCUT2D eigenvalue weighted by molar-refractivity contribution is 1.01. The van der Waals surface area contributed by atoms with Gasteiger partial charge >= 0.3 is 0 Å². The molecule has 1 heteroatoms. The van der Waals surface area contributed by atoms with Crippen molar-refractivity contribution in [3.05, 3.63) is 270 Å². The fourth-order valence-electron chi connectivity index (χ4n) is 8.63. The third kappa shape index (κ3) is 10.2. The summed E-state index contributed by atoms with van der Waals surface area (Å²) in [6, 6.07) is 77.3. The second kappa shape index (κ2) is 21.5. The van der Waals surface area contributed by atoms with E-state index >= 15 is 0 Å². The molecular formula is C63H55N.